The zero-order valence-corrected chi connectivity index (χ0v) is 8.17. The van der Waals surface area contributed by atoms with Crippen molar-refractivity contribution in [1.82, 2.24) is 0 Å². The van der Waals surface area contributed by atoms with Gasteiger partial charge in [0.05, 0.1) is 0 Å². The molecule has 2 saturated carbocycles. The van der Waals surface area contributed by atoms with E-state index in [4.69, 9.17) is 5.73 Å². The van der Waals surface area contributed by atoms with Crippen LogP contribution in [0, 0.1) is 17.8 Å². The summed E-state index contributed by atoms with van der Waals surface area (Å²) in [6, 6.07) is 0. The lowest BCUT2D eigenvalue weighted by atomic mass is 9.67. The summed E-state index contributed by atoms with van der Waals surface area (Å²) >= 11 is 0. The van der Waals surface area contributed by atoms with Crippen molar-refractivity contribution in [2.24, 2.45) is 23.5 Å². The molecular weight excluding hydrogens is 162 g/mol. The Bertz CT molecular complexity index is 190. The Morgan fingerprint density at radius 1 is 1.15 bits per heavy atom. The number of carbonyl (C=O) groups is 1. The molecule has 0 aliphatic heterocycles. The van der Waals surface area contributed by atoms with Crippen molar-refractivity contribution in [3.05, 3.63) is 0 Å². The quantitative estimate of drug-likeness (QED) is 0.696. The lowest BCUT2D eigenvalue weighted by Crippen LogP contribution is -2.29. The van der Waals surface area contributed by atoms with Gasteiger partial charge in [-0.1, -0.05) is 19.3 Å². The Balaban J connectivity index is 1.90. The van der Waals surface area contributed by atoms with E-state index in [1.165, 1.54) is 38.5 Å². The van der Waals surface area contributed by atoms with Gasteiger partial charge in [0, 0.05) is 6.42 Å². The minimum atomic E-state index is -0.107. The van der Waals surface area contributed by atoms with Gasteiger partial charge in [0.15, 0.2) is 0 Å². The van der Waals surface area contributed by atoms with Crippen molar-refractivity contribution in [2.45, 2.75) is 44.9 Å². The molecule has 0 aromatic rings. The molecule has 2 bridgehead atoms. The topological polar surface area (TPSA) is 43.1 Å². The fourth-order valence-electron chi connectivity index (χ4n) is 3.32. The Hall–Kier alpha value is -0.530. The Labute approximate surface area is 79.9 Å². The lowest BCUT2D eigenvalue weighted by molar-refractivity contribution is -0.119. The molecule has 0 spiro atoms. The van der Waals surface area contributed by atoms with Gasteiger partial charge in [-0.2, -0.15) is 0 Å². The summed E-state index contributed by atoms with van der Waals surface area (Å²) in [6.45, 7) is 0. The Morgan fingerprint density at radius 3 is 2.31 bits per heavy atom. The minimum absolute atomic E-state index is 0.107. The van der Waals surface area contributed by atoms with E-state index in [1.807, 2.05) is 0 Å². The van der Waals surface area contributed by atoms with Crippen molar-refractivity contribution in [1.29, 1.82) is 0 Å². The van der Waals surface area contributed by atoms with Crippen LogP contribution in [-0.2, 0) is 4.79 Å². The molecule has 0 heterocycles. The van der Waals surface area contributed by atoms with E-state index >= 15 is 0 Å². The molecule has 2 aliphatic rings. The highest BCUT2D eigenvalue weighted by molar-refractivity contribution is 5.73. The summed E-state index contributed by atoms with van der Waals surface area (Å²) in [4.78, 5) is 10.8. The van der Waals surface area contributed by atoms with Gasteiger partial charge in [-0.05, 0) is 37.0 Å². The van der Waals surface area contributed by atoms with E-state index in [0.717, 1.165) is 11.8 Å². The van der Waals surface area contributed by atoms with Gasteiger partial charge in [-0.25, -0.2) is 0 Å². The van der Waals surface area contributed by atoms with Crippen molar-refractivity contribution in [3.63, 3.8) is 0 Å². The smallest absolute Gasteiger partial charge is 0.217 e. The Kier molecular flexibility index (Phi) is 2.56. The molecule has 2 atom stereocenters. The highest BCUT2D eigenvalue weighted by Gasteiger charge is 2.32. The molecule has 0 aromatic carbocycles. The first-order chi connectivity index (χ1) is 6.24. The zero-order valence-electron chi connectivity index (χ0n) is 8.17. The number of amides is 1. The van der Waals surface area contributed by atoms with Crippen molar-refractivity contribution in [3.8, 4) is 0 Å². The number of hydrogen-bond acceptors (Lipinski definition) is 1. The monoisotopic (exact) mass is 181 g/mol. The zero-order chi connectivity index (χ0) is 9.26. The van der Waals surface area contributed by atoms with Crippen molar-refractivity contribution < 1.29 is 4.79 Å². The number of nitrogens with two attached hydrogens (primary N) is 1. The summed E-state index contributed by atoms with van der Waals surface area (Å²) in [7, 11) is 0. The van der Waals surface area contributed by atoms with Crippen LogP contribution in [0.1, 0.15) is 44.9 Å². The van der Waals surface area contributed by atoms with E-state index in [-0.39, 0.29) is 5.91 Å². The molecule has 0 saturated heterocycles. The van der Waals surface area contributed by atoms with Gasteiger partial charge in [-0.3, -0.25) is 4.79 Å². The van der Waals surface area contributed by atoms with Gasteiger partial charge < -0.3 is 5.73 Å². The van der Waals surface area contributed by atoms with Crippen LogP contribution in [-0.4, -0.2) is 5.91 Å². The first kappa shape index (κ1) is 9.04. The second-order valence-corrected chi connectivity index (χ2v) is 4.91. The van der Waals surface area contributed by atoms with Gasteiger partial charge in [0.25, 0.3) is 0 Å². The SMILES string of the molecule is NC(=O)CC1CC2CCCC(C2)C1. The highest BCUT2D eigenvalue weighted by Crippen LogP contribution is 2.43. The number of hydrogen-bond donors (Lipinski definition) is 1. The van der Waals surface area contributed by atoms with Crippen LogP contribution in [0.15, 0.2) is 0 Å². The summed E-state index contributed by atoms with van der Waals surface area (Å²) in [6.07, 6.45) is 8.79. The van der Waals surface area contributed by atoms with Crippen LogP contribution in [0.2, 0.25) is 0 Å². The molecule has 2 nitrogen and oxygen atoms in total. The van der Waals surface area contributed by atoms with E-state index in [2.05, 4.69) is 0 Å². The summed E-state index contributed by atoms with van der Waals surface area (Å²) in [5, 5.41) is 0. The number of carbonyl (C=O) groups excluding carboxylic acids is 1. The van der Waals surface area contributed by atoms with E-state index < -0.39 is 0 Å². The van der Waals surface area contributed by atoms with E-state index in [0.29, 0.717) is 12.3 Å². The van der Waals surface area contributed by atoms with Crippen LogP contribution in [0.25, 0.3) is 0 Å². The van der Waals surface area contributed by atoms with Gasteiger partial charge in [0.1, 0.15) is 0 Å². The fraction of sp³-hybridized carbons (Fsp3) is 0.909. The molecular formula is C11H19NO. The van der Waals surface area contributed by atoms with Crippen molar-refractivity contribution >= 4 is 5.91 Å². The summed E-state index contributed by atoms with van der Waals surface area (Å²) in [5.41, 5.74) is 5.23. The molecule has 2 N–H and O–H groups in total. The molecule has 2 rings (SSSR count). The molecule has 0 aromatic heterocycles. The van der Waals surface area contributed by atoms with Crippen LogP contribution < -0.4 is 5.73 Å². The van der Waals surface area contributed by atoms with Gasteiger partial charge in [0.2, 0.25) is 5.91 Å². The predicted molar refractivity (Wildman–Crippen MR) is 52.0 cm³/mol. The van der Waals surface area contributed by atoms with Crippen molar-refractivity contribution in [2.75, 3.05) is 0 Å². The first-order valence-electron chi connectivity index (χ1n) is 5.52. The summed E-state index contributed by atoms with van der Waals surface area (Å²) in [5.74, 6) is 2.33. The maximum atomic E-state index is 10.8. The van der Waals surface area contributed by atoms with Gasteiger partial charge >= 0.3 is 0 Å². The average molecular weight is 181 g/mol. The van der Waals surface area contributed by atoms with Crippen LogP contribution >= 0.6 is 0 Å². The van der Waals surface area contributed by atoms with Crippen LogP contribution in [0.3, 0.4) is 0 Å². The molecule has 2 fully saturated rings. The van der Waals surface area contributed by atoms with E-state index in [9.17, 15) is 4.79 Å². The second kappa shape index (κ2) is 3.69. The van der Waals surface area contributed by atoms with Crippen LogP contribution in [0.5, 0.6) is 0 Å². The average Bonchev–Trinajstić information content (AvgIpc) is 2.01. The minimum Gasteiger partial charge on any atom is -0.370 e. The number of fused-ring (bicyclic) bond motifs is 2. The molecule has 74 valence electrons. The maximum Gasteiger partial charge on any atom is 0.217 e. The summed E-state index contributed by atoms with van der Waals surface area (Å²) < 4.78 is 0. The molecule has 2 aliphatic carbocycles. The van der Waals surface area contributed by atoms with Gasteiger partial charge in [-0.15, -0.1) is 0 Å². The lowest BCUT2D eigenvalue weighted by Gasteiger charge is -2.38. The largest absolute Gasteiger partial charge is 0.370 e. The predicted octanol–water partition coefficient (Wildman–Crippen LogP) is 2.08. The molecule has 2 heteroatoms. The highest BCUT2D eigenvalue weighted by atomic mass is 16.1. The Morgan fingerprint density at radius 2 is 1.77 bits per heavy atom. The normalized spacial score (nSPS) is 38.6. The first-order valence-corrected chi connectivity index (χ1v) is 5.52. The third kappa shape index (κ3) is 2.23. The number of primary amides is 1. The maximum absolute atomic E-state index is 10.8. The van der Waals surface area contributed by atoms with Crippen LogP contribution in [0.4, 0.5) is 0 Å². The molecule has 1 amide bonds. The second-order valence-electron chi connectivity index (χ2n) is 4.91. The molecule has 2 unspecified atom stereocenters. The molecule has 0 radical (unpaired) electrons. The third-order valence-electron chi connectivity index (χ3n) is 3.71. The van der Waals surface area contributed by atoms with E-state index in [1.54, 1.807) is 0 Å². The number of rotatable bonds is 2. The molecule has 13 heavy (non-hydrogen) atoms. The standard InChI is InChI=1S/C11H19NO/c12-11(13)7-10-5-8-2-1-3-9(4-8)6-10/h8-10H,1-7H2,(H2,12,13). The fourth-order valence-corrected chi connectivity index (χ4v) is 3.32. The third-order valence-corrected chi connectivity index (χ3v) is 3.71.